The lowest BCUT2D eigenvalue weighted by Crippen LogP contribution is -2.47. The Kier molecular flexibility index (Phi) is 53.9. The van der Waals surface area contributed by atoms with Gasteiger partial charge in [0.15, 0.2) is 0 Å². The fraction of sp³-hybridized carbons (Fsp3) is 0.788. The average molecular weight is 1090 g/mol. The maximum atomic E-state index is 13.5. The van der Waals surface area contributed by atoms with Gasteiger partial charge in [-0.3, -0.25) is 18.6 Å². The lowest BCUT2D eigenvalue weighted by atomic mass is 10.0. The summed E-state index contributed by atoms with van der Waals surface area (Å²) in [5.41, 5.74) is 0. The van der Waals surface area contributed by atoms with Crippen molar-refractivity contribution < 1.29 is 37.3 Å². The Morgan fingerprint density at radius 1 is 0.474 bits per heavy atom. The molecule has 0 saturated heterocycles. The molecule has 0 saturated carbocycles. The topological polar surface area (TPSA) is 111 Å². The molecule has 0 heterocycles. The number of hydrogen-bond acceptors (Lipinski definition) is 6. The summed E-state index contributed by atoms with van der Waals surface area (Å²) in [6.07, 6.45) is 71.9. The molecule has 442 valence electrons. The highest BCUT2D eigenvalue weighted by Gasteiger charge is 2.30. The summed E-state index contributed by atoms with van der Waals surface area (Å²) < 4.78 is 30.7. The van der Waals surface area contributed by atoms with E-state index >= 15 is 0 Å². The number of carbonyl (C=O) groups is 2. The van der Waals surface area contributed by atoms with Crippen LogP contribution < -0.4 is 5.32 Å². The zero-order valence-corrected chi connectivity index (χ0v) is 51.4. The van der Waals surface area contributed by atoms with Gasteiger partial charge in [0, 0.05) is 12.8 Å². The van der Waals surface area contributed by atoms with Crippen LogP contribution in [0.3, 0.4) is 0 Å². The second kappa shape index (κ2) is 55.8. The summed E-state index contributed by atoms with van der Waals surface area (Å²) >= 11 is 0. The third-order valence-corrected chi connectivity index (χ3v) is 14.9. The molecule has 1 amide bonds. The molecule has 0 radical (unpaired) electrons. The second-order valence-corrected chi connectivity index (χ2v) is 24.0. The molecule has 3 atom stereocenters. The molecule has 0 aromatic rings. The average Bonchev–Trinajstić information content (AvgIpc) is 3.38. The molecule has 76 heavy (non-hydrogen) atoms. The molecular formula is C66H122N2O7P+. The molecule has 0 aliphatic rings. The number of carbonyl (C=O) groups excluding carboxylic acids is 2. The van der Waals surface area contributed by atoms with Crippen molar-refractivity contribution in [3.8, 4) is 0 Å². The standard InChI is InChI=1S/C66H121N2O7P/c1-7-10-13-16-19-22-25-28-30-31-32-33-34-35-36-37-38-41-44-47-50-53-56-59-66(70)75-64(57-54-51-48-45-42-39-27-24-21-18-15-12-9-3)63(62-74-76(71,72)73-61-60-68(4,5)6)67-65(69)58-55-52-49-46-43-40-29-26-23-20-17-14-11-8-2/h11,14,19-20,22-23,28-30,40,54,57,63-64H,7-10,12-13,15-18,21,24-27,31-39,41-53,55-56,58-62H2,1-6H3,(H-,67,69,71,72)/p+1/b14-11+,22-19-,23-20+,30-28-,40-29+,57-54-. The predicted octanol–water partition coefficient (Wildman–Crippen LogP) is 19.6. The van der Waals surface area contributed by atoms with Crippen molar-refractivity contribution in [2.75, 3.05) is 40.9 Å². The van der Waals surface area contributed by atoms with Crippen LogP contribution in [0.15, 0.2) is 72.9 Å². The highest BCUT2D eigenvalue weighted by molar-refractivity contribution is 7.47. The molecule has 0 aliphatic carbocycles. The van der Waals surface area contributed by atoms with E-state index in [1.54, 1.807) is 0 Å². The number of rotatable bonds is 57. The van der Waals surface area contributed by atoms with Gasteiger partial charge < -0.3 is 19.4 Å². The number of nitrogens with one attached hydrogen (secondary N) is 1. The number of nitrogens with zero attached hydrogens (tertiary/aromatic N) is 1. The SMILES string of the molecule is CC/C=C/C/C=C/C/C=C/CCCCCCC(=O)NC(COP(=O)(O)OCC[N+](C)(C)C)C(/C=C\CCCCCCCCCCCCC)OC(=O)CCCCCCCCCCCCCCC/C=C\C/C=C\CCCCC. The van der Waals surface area contributed by atoms with E-state index in [0.29, 0.717) is 17.4 Å². The van der Waals surface area contributed by atoms with Gasteiger partial charge in [-0.1, -0.05) is 248 Å². The predicted molar refractivity (Wildman–Crippen MR) is 328 cm³/mol. The summed E-state index contributed by atoms with van der Waals surface area (Å²) in [4.78, 5) is 37.7. The number of esters is 1. The molecule has 0 aromatic carbocycles. The van der Waals surface area contributed by atoms with Gasteiger partial charge in [0.2, 0.25) is 5.91 Å². The van der Waals surface area contributed by atoms with E-state index in [0.717, 1.165) is 96.3 Å². The Morgan fingerprint density at radius 3 is 1.29 bits per heavy atom. The van der Waals surface area contributed by atoms with E-state index in [2.05, 4.69) is 86.8 Å². The smallest absolute Gasteiger partial charge is 0.456 e. The van der Waals surface area contributed by atoms with Crippen LogP contribution in [-0.4, -0.2) is 74.3 Å². The summed E-state index contributed by atoms with van der Waals surface area (Å²) in [7, 11) is 1.48. The van der Waals surface area contributed by atoms with E-state index in [9.17, 15) is 19.0 Å². The Balaban J connectivity index is 5.20. The van der Waals surface area contributed by atoms with E-state index in [4.69, 9.17) is 13.8 Å². The van der Waals surface area contributed by atoms with Crippen LogP contribution >= 0.6 is 7.82 Å². The first-order valence-corrected chi connectivity index (χ1v) is 33.3. The summed E-state index contributed by atoms with van der Waals surface area (Å²) in [5, 5.41) is 3.04. The third kappa shape index (κ3) is 56.2. The van der Waals surface area contributed by atoms with Crippen molar-refractivity contribution in [1.82, 2.24) is 5.32 Å². The molecule has 0 rings (SSSR count). The molecule has 9 nitrogen and oxygen atoms in total. The monoisotopic (exact) mass is 1090 g/mol. The lowest BCUT2D eigenvalue weighted by Gasteiger charge is -2.27. The van der Waals surface area contributed by atoms with Gasteiger partial charge in [-0.15, -0.1) is 0 Å². The van der Waals surface area contributed by atoms with Crippen molar-refractivity contribution in [1.29, 1.82) is 0 Å². The second-order valence-electron chi connectivity index (χ2n) is 22.5. The molecule has 0 spiro atoms. The molecule has 3 unspecified atom stereocenters. The molecule has 10 heteroatoms. The molecule has 0 fully saturated rings. The maximum absolute atomic E-state index is 13.5. The first-order chi connectivity index (χ1) is 36.9. The van der Waals surface area contributed by atoms with E-state index in [1.165, 1.54) is 154 Å². The minimum atomic E-state index is -4.46. The number of allylic oxidation sites excluding steroid dienone is 11. The molecular weight excluding hydrogens is 964 g/mol. The maximum Gasteiger partial charge on any atom is 0.472 e. The first kappa shape index (κ1) is 73.5. The number of hydrogen-bond donors (Lipinski definition) is 2. The Hall–Kier alpha value is -2.55. The number of phosphoric acid groups is 1. The number of likely N-dealkylation sites (N-methyl/N-ethyl adjacent to an activating group) is 1. The molecule has 0 bridgehead atoms. The lowest BCUT2D eigenvalue weighted by molar-refractivity contribution is -0.870. The molecule has 0 aliphatic heterocycles. The van der Waals surface area contributed by atoms with Gasteiger partial charge in [0.05, 0.1) is 33.8 Å². The van der Waals surface area contributed by atoms with Gasteiger partial charge in [-0.2, -0.15) is 0 Å². The number of phosphoric ester groups is 1. The fourth-order valence-electron chi connectivity index (χ4n) is 8.99. The Bertz CT molecular complexity index is 1530. The minimum absolute atomic E-state index is 0.0339. The third-order valence-electron chi connectivity index (χ3n) is 13.9. The van der Waals surface area contributed by atoms with Crippen molar-refractivity contribution in [3.63, 3.8) is 0 Å². The summed E-state index contributed by atoms with van der Waals surface area (Å²) in [6, 6.07) is -0.862. The van der Waals surface area contributed by atoms with Gasteiger partial charge >= 0.3 is 13.8 Å². The fourth-order valence-corrected chi connectivity index (χ4v) is 9.72. The van der Waals surface area contributed by atoms with E-state index < -0.39 is 20.0 Å². The van der Waals surface area contributed by atoms with Crippen molar-refractivity contribution in [3.05, 3.63) is 72.9 Å². The van der Waals surface area contributed by atoms with Crippen LogP contribution in [0, 0.1) is 0 Å². The highest BCUT2D eigenvalue weighted by Crippen LogP contribution is 2.43. The van der Waals surface area contributed by atoms with Gasteiger partial charge in [-0.25, -0.2) is 4.57 Å². The first-order valence-electron chi connectivity index (χ1n) is 31.8. The Labute approximate surface area is 470 Å². The number of quaternary nitrogens is 1. The van der Waals surface area contributed by atoms with Crippen LogP contribution in [0.1, 0.15) is 284 Å². The van der Waals surface area contributed by atoms with Crippen molar-refractivity contribution in [2.45, 2.75) is 296 Å². The van der Waals surface area contributed by atoms with Crippen LogP contribution in [0.25, 0.3) is 0 Å². The minimum Gasteiger partial charge on any atom is -0.456 e. The van der Waals surface area contributed by atoms with Crippen molar-refractivity contribution >= 4 is 19.7 Å². The van der Waals surface area contributed by atoms with Crippen LogP contribution in [0.4, 0.5) is 0 Å². The normalized spacial score (nSPS) is 14.1. The largest absolute Gasteiger partial charge is 0.472 e. The molecule has 2 N–H and O–H groups in total. The zero-order chi connectivity index (χ0) is 55.7. The van der Waals surface area contributed by atoms with Gasteiger partial charge in [0.25, 0.3) is 0 Å². The van der Waals surface area contributed by atoms with Crippen LogP contribution in [0.2, 0.25) is 0 Å². The van der Waals surface area contributed by atoms with E-state index in [-0.39, 0.29) is 31.5 Å². The Morgan fingerprint density at radius 2 is 0.842 bits per heavy atom. The summed E-state index contributed by atoms with van der Waals surface area (Å²) in [5.74, 6) is -0.528. The number of unbranched alkanes of at least 4 members (excludes halogenated alkanes) is 31. The summed E-state index contributed by atoms with van der Waals surface area (Å²) in [6.45, 7) is 6.87. The zero-order valence-electron chi connectivity index (χ0n) is 50.5. The van der Waals surface area contributed by atoms with Crippen molar-refractivity contribution in [2.24, 2.45) is 0 Å². The highest BCUT2D eigenvalue weighted by atomic mass is 31.2. The van der Waals surface area contributed by atoms with Gasteiger partial charge in [0.1, 0.15) is 19.3 Å². The quantitative estimate of drug-likeness (QED) is 0.0205. The number of ether oxygens (including phenoxy) is 1. The van der Waals surface area contributed by atoms with Crippen LogP contribution in [-0.2, 0) is 27.9 Å². The number of amides is 1. The van der Waals surface area contributed by atoms with Crippen LogP contribution in [0.5, 0.6) is 0 Å². The van der Waals surface area contributed by atoms with E-state index in [1.807, 2.05) is 33.3 Å². The van der Waals surface area contributed by atoms with Gasteiger partial charge in [-0.05, 0) is 96.0 Å². The molecule has 0 aromatic heterocycles.